The minimum absolute atomic E-state index is 0.0836. The van der Waals surface area contributed by atoms with Crippen molar-refractivity contribution >= 4 is 5.91 Å². The quantitative estimate of drug-likeness (QED) is 0.547. The number of rotatable bonds is 10. The summed E-state index contributed by atoms with van der Waals surface area (Å²) in [4.78, 5) is 15.6. The molecule has 0 saturated heterocycles. The lowest BCUT2D eigenvalue weighted by Gasteiger charge is -2.18. The summed E-state index contributed by atoms with van der Waals surface area (Å²) in [5.41, 5.74) is 0. The lowest BCUT2D eigenvalue weighted by molar-refractivity contribution is -0.135. The summed E-state index contributed by atoms with van der Waals surface area (Å²) in [5.74, 6) is 0.0836. The smallest absolute Gasteiger partial charge is 0.248 e. The molecule has 0 heterocycles. The fourth-order valence-electron chi connectivity index (χ4n) is 1.37. The molecule has 17 heavy (non-hydrogen) atoms. The first-order valence-corrected chi connectivity index (χ1v) is 6.62. The number of carbonyl (C=O) groups is 1. The summed E-state index contributed by atoms with van der Waals surface area (Å²) in [6, 6.07) is 0. The second kappa shape index (κ2) is 10.5. The van der Waals surface area contributed by atoms with Crippen molar-refractivity contribution in [2.45, 2.75) is 33.1 Å². The Bertz CT molecular complexity index is 198. The zero-order valence-corrected chi connectivity index (χ0v) is 11.9. The molecular formula is C13H28N2O2. The monoisotopic (exact) mass is 244 g/mol. The van der Waals surface area contributed by atoms with E-state index in [1.165, 1.54) is 12.8 Å². The van der Waals surface area contributed by atoms with Gasteiger partial charge in [-0.1, -0.05) is 26.7 Å². The molecule has 0 spiro atoms. The first kappa shape index (κ1) is 16.4. The summed E-state index contributed by atoms with van der Waals surface area (Å²) in [6.45, 7) is 7.82. The van der Waals surface area contributed by atoms with Crippen LogP contribution in [0.25, 0.3) is 0 Å². The maximum absolute atomic E-state index is 11.6. The van der Waals surface area contributed by atoms with Crippen LogP contribution in [-0.2, 0) is 9.53 Å². The van der Waals surface area contributed by atoms with Crippen molar-refractivity contribution in [1.82, 2.24) is 9.80 Å². The van der Waals surface area contributed by atoms with Gasteiger partial charge in [-0.25, -0.2) is 0 Å². The molecule has 4 nitrogen and oxygen atoms in total. The Morgan fingerprint density at radius 3 is 2.41 bits per heavy atom. The molecule has 0 fully saturated rings. The van der Waals surface area contributed by atoms with Crippen molar-refractivity contribution in [3.05, 3.63) is 0 Å². The molecule has 0 aliphatic heterocycles. The third kappa shape index (κ3) is 9.12. The third-order valence-electron chi connectivity index (χ3n) is 2.91. The molecule has 102 valence electrons. The number of nitrogens with zero attached hydrogens (tertiary/aromatic N) is 2. The fourth-order valence-corrected chi connectivity index (χ4v) is 1.37. The number of amides is 1. The van der Waals surface area contributed by atoms with E-state index in [1.807, 2.05) is 14.1 Å². The van der Waals surface area contributed by atoms with E-state index in [0.29, 0.717) is 6.61 Å². The highest BCUT2D eigenvalue weighted by molar-refractivity contribution is 5.77. The Hall–Kier alpha value is -0.610. The van der Waals surface area contributed by atoms with Gasteiger partial charge in [-0.15, -0.1) is 0 Å². The van der Waals surface area contributed by atoms with Crippen LogP contribution in [0, 0.1) is 0 Å². The number of likely N-dealkylation sites (N-methyl/N-ethyl adjacent to an activating group) is 2. The molecule has 4 heteroatoms. The molecule has 0 aliphatic carbocycles. The van der Waals surface area contributed by atoms with Crippen molar-refractivity contribution in [3.63, 3.8) is 0 Å². The predicted octanol–water partition coefficient (Wildman–Crippen LogP) is 1.60. The molecule has 0 radical (unpaired) electrons. The van der Waals surface area contributed by atoms with Gasteiger partial charge in [0.2, 0.25) is 5.91 Å². The lowest BCUT2D eigenvalue weighted by Crippen LogP contribution is -2.32. The minimum atomic E-state index is 0.0836. The average molecular weight is 244 g/mol. The van der Waals surface area contributed by atoms with Gasteiger partial charge in [0.1, 0.15) is 6.61 Å². The van der Waals surface area contributed by atoms with Crippen LogP contribution in [-0.4, -0.2) is 62.7 Å². The Morgan fingerprint density at radius 2 is 1.82 bits per heavy atom. The van der Waals surface area contributed by atoms with E-state index in [-0.39, 0.29) is 12.5 Å². The van der Waals surface area contributed by atoms with Crippen LogP contribution in [0.15, 0.2) is 0 Å². The number of hydrogen-bond acceptors (Lipinski definition) is 3. The van der Waals surface area contributed by atoms with Crippen LogP contribution in [0.3, 0.4) is 0 Å². The summed E-state index contributed by atoms with van der Waals surface area (Å²) in [7, 11) is 3.89. The molecular weight excluding hydrogens is 216 g/mol. The molecule has 0 N–H and O–H groups in total. The first-order chi connectivity index (χ1) is 8.11. The molecule has 0 saturated carbocycles. The number of hydrogen-bond donors (Lipinski definition) is 0. The standard InChI is InChI=1S/C13H28N2O2/c1-5-7-8-9-15(4)13(16)12-17-11-10-14(3)6-2/h5-12H2,1-4H3. The normalized spacial score (nSPS) is 10.9. The SMILES string of the molecule is CCCCCN(C)C(=O)COCCN(C)CC. The maximum atomic E-state index is 11.6. The Balaban J connectivity index is 3.50. The van der Waals surface area contributed by atoms with Gasteiger partial charge in [0.25, 0.3) is 0 Å². The van der Waals surface area contributed by atoms with Crippen LogP contribution >= 0.6 is 0 Å². The van der Waals surface area contributed by atoms with E-state index < -0.39 is 0 Å². The largest absolute Gasteiger partial charge is 0.370 e. The lowest BCUT2D eigenvalue weighted by atomic mass is 10.2. The van der Waals surface area contributed by atoms with Gasteiger partial charge in [-0.05, 0) is 20.0 Å². The van der Waals surface area contributed by atoms with Crippen LogP contribution in [0.1, 0.15) is 33.1 Å². The number of unbranched alkanes of at least 4 members (excludes halogenated alkanes) is 2. The van der Waals surface area contributed by atoms with Crippen molar-refractivity contribution in [3.8, 4) is 0 Å². The molecule has 0 bridgehead atoms. The third-order valence-corrected chi connectivity index (χ3v) is 2.91. The van der Waals surface area contributed by atoms with Gasteiger partial charge in [0, 0.05) is 20.1 Å². The molecule has 0 unspecified atom stereocenters. The maximum Gasteiger partial charge on any atom is 0.248 e. The number of carbonyl (C=O) groups excluding carboxylic acids is 1. The van der Waals surface area contributed by atoms with Gasteiger partial charge in [-0.3, -0.25) is 4.79 Å². The molecule has 0 atom stereocenters. The van der Waals surface area contributed by atoms with E-state index in [2.05, 4.69) is 18.7 Å². The first-order valence-electron chi connectivity index (χ1n) is 6.62. The number of ether oxygens (including phenoxy) is 1. The van der Waals surface area contributed by atoms with E-state index >= 15 is 0 Å². The van der Waals surface area contributed by atoms with E-state index in [4.69, 9.17) is 4.74 Å². The summed E-state index contributed by atoms with van der Waals surface area (Å²) in [6.07, 6.45) is 3.44. The van der Waals surface area contributed by atoms with Gasteiger partial charge in [0.15, 0.2) is 0 Å². The molecule has 0 aliphatic rings. The predicted molar refractivity (Wildman–Crippen MR) is 71.2 cm³/mol. The summed E-state index contributed by atoms with van der Waals surface area (Å²) in [5, 5.41) is 0. The molecule has 0 rings (SSSR count). The van der Waals surface area contributed by atoms with E-state index in [9.17, 15) is 4.79 Å². The van der Waals surface area contributed by atoms with Gasteiger partial charge < -0.3 is 14.5 Å². The van der Waals surface area contributed by atoms with Crippen molar-refractivity contribution in [2.75, 3.05) is 46.9 Å². The fraction of sp³-hybridized carbons (Fsp3) is 0.923. The second-order valence-electron chi connectivity index (χ2n) is 4.47. The Morgan fingerprint density at radius 1 is 1.12 bits per heavy atom. The van der Waals surface area contributed by atoms with Gasteiger partial charge in [0.05, 0.1) is 6.61 Å². The highest BCUT2D eigenvalue weighted by Crippen LogP contribution is 1.97. The zero-order chi connectivity index (χ0) is 13.1. The van der Waals surface area contributed by atoms with Crippen LogP contribution in [0.4, 0.5) is 0 Å². The zero-order valence-electron chi connectivity index (χ0n) is 11.9. The van der Waals surface area contributed by atoms with Crippen LogP contribution in [0.5, 0.6) is 0 Å². The van der Waals surface area contributed by atoms with Crippen LogP contribution < -0.4 is 0 Å². The molecule has 0 aromatic rings. The van der Waals surface area contributed by atoms with E-state index in [0.717, 1.165) is 26.1 Å². The summed E-state index contributed by atoms with van der Waals surface area (Å²) >= 11 is 0. The molecule has 0 aromatic heterocycles. The second-order valence-corrected chi connectivity index (χ2v) is 4.47. The Labute approximate surface area is 106 Å². The van der Waals surface area contributed by atoms with E-state index in [1.54, 1.807) is 4.90 Å². The van der Waals surface area contributed by atoms with Gasteiger partial charge in [-0.2, -0.15) is 0 Å². The molecule has 1 amide bonds. The van der Waals surface area contributed by atoms with Crippen molar-refractivity contribution in [1.29, 1.82) is 0 Å². The van der Waals surface area contributed by atoms with Crippen molar-refractivity contribution in [2.24, 2.45) is 0 Å². The highest BCUT2D eigenvalue weighted by atomic mass is 16.5. The van der Waals surface area contributed by atoms with Gasteiger partial charge >= 0.3 is 0 Å². The topological polar surface area (TPSA) is 32.8 Å². The Kier molecular flexibility index (Phi) is 10.2. The van der Waals surface area contributed by atoms with Crippen LogP contribution in [0.2, 0.25) is 0 Å². The summed E-state index contributed by atoms with van der Waals surface area (Å²) < 4.78 is 5.36. The highest BCUT2D eigenvalue weighted by Gasteiger charge is 2.07. The molecule has 0 aromatic carbocycles. The van der Waals surface area contributed by atoms with Crippen molar-refractivity contribution < 1.29 is 9.53 Å². The average Bonchev–Trinajstić information content (AvgIpc) is 2.34. The minimum Gasteiger partial charge on any atom is -0.370 e.